The van der Waals surface area contributed by atoms with E-state index in [1.165, 1.54) is 31.2 Å². The molecule has 3 aromatic rings. The van der Waals surface area contributed by atoms with Gasteiger partial charge >= 0.3 is 5.97 Å². The summed E-state index contributed by atoms with van der Waals surface area (Å²) in [6.45, 7) is 8.04. The molecule has 0 radical (unpaired) electrons. The topological polar surface area (TPSA) is 83.1 Å². The molecule has 0 saturated carbocycles. The Morgan fingerprint density at radius 2 is 2.11 bits per heavy atom. The number of hydrogen-bond acceptors (Lipinski definition) is 6. The molecule has 1 aromatic carbocycles. The first-order valence-corrected chi connectivity index (χ1v) is 13.6. The van der Waals surface area contributed by atoms with Crippen LogP contribution >= 0.6 is 0 Å². The van der Waals surface area contributed by atoms with E-state index in [1.807, 2.05) is 6.92 Å². The second kappa shape index (κ2) is 11.5. The van der Waals surface area contributed by atoms with Gasteiger partial charge in [-0.25, -0.2) is 9.97 Å². The number of fused-ring (bicyclic) bond motifs is 1. The lowest BCUT2D eigenvalue weighted by Gasteiger charge is -2.24. The van der Waals surface area contributed by atoms with Crippen LogP contribution in [0.2, 0.25) is 0 Å². The minimum atomic E-state index is -0.162. The molecule has 37 heavy (non-hydrogen) atoms. The molecule has 0 unspecified atom stereocenters. The van der Waals surface area contributed by atoms with Gasteiger partial charge in [-0.05, 0) is 81.7 Å². The highest BCUT2D eigenvalue weighted by Crippen LogP contribution is 2.30. The Kier molecular flexibility index (Phi) is 7.89. The van der Waals surface area contributed by atoms with Crippen LogP contribution in [0.4, 0.5) is 5.82 Å². The molecule has 1 saturated heterocycles. The molecule has 0 amide bonds. The number of methoxy groups -OCH3 is 1. The predicted octanol–water partition coefficient (Wildman–Crippen LogP) is 5.05. The molecule has 2 aliphatic heterocycles. The van der Waals surface area contributed by atoms with Gasteiger partial charge in [0.25, 0.3) is 0 Å². The quantitative estimate of drug-likeness (QED) is 0.400. The first-order chi connectivity index (χ1) is 18.0. The van der Waals surface area contributed by atoms with E-state index in [2.05, 4.69) is 63.5 Å². The van der Waals surface area contributed by atoms with Crippen molar-refractivity contribution in [2.75, 3.05) is 38.6 Å². The summed E-state index contributed by atoms with van der Waals surface area (Å²) in [5, 5.41) is 3.45. The number of esters is 1. The number of nitrogens with one attached hydrogen (secondary N) is 2. The van der Waals surface area contributed by atoms with Crippen molar-refractivity contribution < 1.29 is 9.53 Å². The second-order valence-corrected chi connectivity index (χ2v) is 10.7. The summed E-state index contributed by atoms with van der Waals surface area (Å²) < 4.78 is 5.07. The number of rotatable bonds is 9. The van der Waals surface area contributed by atoms with E-state index in [0.29, 0.717) is 12.3 Å². The Morgan fingerprint density at radius 1 is 1.22 bits per heavy atom. The summed E-state index contributed by atoms with van der Waals surface area (Å²) in [5.41, 5.74) is 6.82. The fraction of sp³-hybridized carbons (Fsp3) is 0.500. The summed E-state index contributed by atoms with van der Waals surface area (Å²) in [6.07, 6.45) is 6.06. The van der Waals surface area contributed by atoms with Crippen LogP contribution in [-0.2, 0) is 22.4 Å². The lowest BCUT2D eigenvalue weighted by molar-refractivity contribution is -0.141. The summed E-state index contributed by atoms with van der Waals surface area (Å²) in [4.78, 5) is 27.7. The summed E-state index contributed by atoms with van der Waals surface area (Å²) in [7, 11) is 1.47. The molecule has 4 heterocycles. The largest absolute Gasteiger partial charge is 0.469 e. The third kappa shape index (κ3) is 6.21. The minimum absolute atomic E-state index is 0.0832. The van der Waals surface area contributed by atoms with Gasteiger partial charge in [-0.15, -0.1) is 0 Å². The Labute approximate surface area is 220 Å². The normalized spacial score (nSPS) is 18.3. The van der Waals surface area contributed by atoms with E-state index in [0.717, 1.165) is 79.6 Å². The number of likely N-dealkylation sites (tertiary alicyclic amines) is 1. The molecular weight excluding hydrogens is 462 g/mol. The zero-order valence-electron chi connectivity index (χ0n) is 22.3. The summed E-state index contributed by atoms with van der Waals surface area (Å²) in [5.74, 6) is 2.58. The van der Waals surface area contributed by atoms with Gasteiger partial charge in [0.05, 0.1) is 19.2 Å². The van der Waals surface area contributed by atoms with E-state index in [-0.39, 0.29) is 11.9 Å². The number of nitrogens with zero attached hydrogens (tertiary/aromatic N) is 3. The average molecular weight is 502 g/mol. The predicted molar refractivity (Wildman–Crippen MR) is 147 cm³/mol. The Bertz CT molecular complexity index is 1240. The van der Waals surface area contributed by atoms with Crippen molar-refractivity contribution in [3.05, 3.63) is 64.7 Å². The monoisotopic (exact) mass is 501 g/mol. The van der Waals surface area contributed by atoms with Crippen molar-refractivity contribution in [3.63, 3.8) is 0 Å². The van der Waals surface area contributed by atoms with Gasteiger partial charge in [0, 0.05) is 42.5 Å². The molecule has 7 heteroatoms. The van der Waals surface area contributed by atoms with E-state index in [9.17, 15) is 4.79 Å². The fourth-order valence-corrected chi connectivity index (χ4v) is 5.89. The zero-order chi connectivity index (χ0) is 25.8. The first-order valence-electron chi connectivity index (χ1n) is 13.6. The molecule has 0 aliphatic carbocycles. The van der Waals surface area contributed by atoms with Crippen LogP contribution in [0.1, 0.15) is 59.9 Å². The molecule has 0 bridgehead atoms. The number of aromatic nitrogens is 3. The van der Waals surface area contributed by atoms with Crippen LogP contribution in [-0.4, -0.2) is 59.1 Å². The highest BCUT2D eigenvalue weighted by molar-refractivity contribution is 5.71. The van der Waals surface area contributed by atoms with Gasteiger partial charge in [-0.3, -0.25) is 4.79 Å². The molecule has 7 nitrogen and oxygen atoms in total. The highest BCUT2D eigenvalue weighted by Gasteiger charge is 2.27. The van der Waals surface area contributed by atoms with Crippen LogP contribution < -0.4 is 5.32 Å². The number of ether oxygens (including phenoxy) is 1. The number of imidazole rings is 1. The Hall–Kier alpha value is -3.19. The minimum Gasteiger partial charge on any atom is -0.469 e. The molecule has 1 fully saturated rings. The third-order valence-electron chi connectivity index (χ3n) is 7.88. The van der Waals surface area contributed by atoms with Gasteiger partial charge in [-0.1, -0.05) is 24.3 Å². The maximum atomic E-state index is 12.3. The maximum Gasteiger partial charge on any atom is 0.306 e. The van der Waals surface area contributed by atoms with Crippen LogP contribution in [0.5, 0.6) is 0 Å². The highest BCUT2D eigenvalue weighted by atomic mass is 16.5. The number of H-pyrrole nitrogens is 1. The summed E-state index contributed by atoms with van der Waals surface area (Å²) in [6, 6.07) is 13.0. The van der Waals surface area contributed by atoms with Crippen molar-refractivity contribution in [3.8, 4) is 11.3 Å². The Balaban J connectivity index is 1.23. The van der Waals surface area contributed by atoms with Crippen LogP contribution in [0.25, 0.3) is 11.3 Å². The number of anilines is 1. The number of carbonyl (C=O) groups excluding carboxylic acids is 1. The number of carbonyl (C=O) groups is 1. The number of benzene rings is 1. The second-order valence-electron chi connectivity index (χ2n) is 10.7. The van der Waals surface area contributed by atoms with Crippen LogP contribution in [0.3, 0.4) is 0 Å². The van der Waals surface area contributed by atoms with Crippen molar-refractivity contribution in [1.29, 1.82) is 0 Å². The number of aromatic amines is 1. The number of pyridine rings is 1. The molecule has 0 spiro atoms. The number of aryl methyl sites for hydroxylation is 4. The van der Waals surface area contributed by atoms with Crippen molar-refractivity contribution in [2.45, 2.75) is 58.3 Å². The van der Waals surface area contributed by atoms with Crippen molar-refractivity contribution >= 4 is 11.8 Å². The first kappa shape index (κ1) is 25.5. The van der Waals surface area contributed by atoms with Crippen molar-refractivity contribution in [1.82, 2.24) is 19.9 Å². The van der Waals surface area contributed by atoms with E-state index < -0.39 is 0 Å². The lowest BCUT2D eigenvalue weighted by Crippen LogP contribution is -2.28. The molecule has 2 aromatic heterocycles. The average Bonchev–Trinajstić information content (AvgIpc) is 3.51. The van der Waals surface area contributed by atoms with Crippen molar-refractivity contribution in [2.24, 2.45) is 5.92 Å². The van der Waals surface area contributed by atoms with Crippen LogP contribution in [0.15, 0.2) is 36.4 Å². The fourth-order valence-electron chi connectivity index (χ4n) is 5.89. The smallest absolute Gasteiger partial charge is 0.306 e. The van der Waals surface area contributed by atoms with E-state index >= 15 is 0 Å². The number of hydrogen-bond donors (Lipinski definition) is 2. The van der Waals surface area contributed by atoms with E-state index in [4.69, 9.17) is 9.72 Å². The van der Waals surface area contributed by atoms with Gasteiger partial charge in [0.2, 0.25) is 0 Å². The van der Waals surface area contributed by atoms with E-state index in [1.54, 1.807) is 0 Å². The SMILES string of the molecule is COC(=O)C[C@H](CN1CC[C@@H](CCc2ccc3c(n2)NCCC3)C1)c1cccc(-c2nc(C)[nH]c2C)c1. The Morgan fingerprint density at radius 3 is 2.92 bits per heavy atom. The molecule has 2 aliphatic rings. The van der Waals surface area contributed by atoms with Gasteiger partial charge in [-0.2, -0.15) is 0 Å². The van der Waals surface area contributed by atoms with Gasteiger partial charge in [0.1, 0.15) is 11.6 Å². The van der Waals surface area contributed by atoms with Gasteiger partial charge < -0.3 is 19.9 Å². The zero-order valence-corrected chi connectivity index (χ0v) is 22.3. The third-order valence-corrected chi connectivity index (χ3v) is 7.88. The maximum absolute atomic E-state index is 12.3. The molecule has 5 rings (SSSR count). The lowest BCUT2D eigenvalue weighted by atomic mass is 9.92. The molecule has 2 atom stereocenters. The van der Waals surface area contributed by atoms with Gasteiger partial charge in [0.15, 0.2) is 0 Å². The standard InChI is InChI=1S/C30H39N5O2/c1-20-29(33-21(2)32-20)25-7-4-6-24(16-25)26(17-28(36)37-3)19-35-15-13-22(18-35)9-11-27-12-10-23-8-5-14-31-30(23)34-27/h4,6-7,10,12,16,22,26H,5,8-9,11,13-15,17-19H2,1-3H3,(H,31,34)(H,32,33)/t22-,26-/m1/s1. The summed E-state index contributed by atoms with van der Waals surface area (Å²) >= 11 is 0. The molecular formula is C30H39N5O2. The molecule has 2 N–H and O–H groups in total. The molecule has 196 valence electrons. The van der Waals surface area contributed by atoms with Crippen LogP contribution in [0, 0.1) is 19.8 Å².